The van der Waals surface area contributed by atoms with Crippen molar-refractivity contribution >= 4 is 34.8 Å². The number of carbonyl (C=O) groups excluding carboxylic acids is 2. The Bertz CT molecular complexity index is 703. The fourth-order valence-electron chi connectivity index (χ4n) is 2.55. The number of hydrogen-bond donors (Lipinski definition) is 1. The number of benzene rings is 2. The lowest BCUT2D eigenvalue weighted by Crippen LogP contribution is -2.28. The van der Waals surface area contributed by atoms with Crippen LogP contribution in [0.2, 0.25) is 5.02 Å². The molecule has 0 aliphatic carbocycles. The van der Waals surface area contributed by atoms with Crippen molar-refractivity contribution < 1.29 is 9.59 Å². The predicted octanol–water partition coefficient (Wildman–Crippen LogP) is 3.33. The van der Waals surface area contributed by atoms with E-state index in [4.69, 9.17) is 11.6 Å². The van der Waals surface area contributed by atoms with Gasteiger partial charge < -0.3 is 10.2 Å². The topological polar surface area (TPSA) is 49.4 Å². The van der Waals surface area contributed by atoms with Crippen LogP contribution in [0.4, 0.5) is 11.4 Å². The van der Waals surface area contributed by atoms with Gasteiger partial charge in [-0.3, -0.25) is 9.59 Å². The van der Waals surface area contributed by atoms with Gasteiger partial charge in [0.05, 0.1) is 16.6 Å². The van der Waals surface area contributed by atoms with Gasteiger partial charge in [-0.25, -0.2) is 0 Å². The lowest BCUT2D eigenvalue weighted by molar-refractivity contribution is -0.122. The summed E-state index contributed by atoms with van der Waals surface area (Å²) >= 11 is 6.13. The highest BCUT2D eigenvalue weighted by molar-refractivity contribution is 6.33. The Kier molecular flexibility index (Phi) is 4.11. The maximum absolute atomic E-state index is 12.3. The van der Waals surface area contributed by atoms with Gasteiger partial charge in [-0.15, -0.1) is 0 Å². The van der Waals surface area contributed by atoms with Gasteiger partial charge in [-0.2, -0.15) is 0 Å². The third-order valence-corrected chi connectivity index (χ3v) is 4.00. The summed E-state index contributed by atoms with van der Waals surface area (Å²) in [4.78, 5) is 26.1. The molecule has 1 N–H and O–H groups in total. The molecule has 0 spiro atoms. The maximum atomic E-state index is 12.3. The van der Waals surface area contributed by atoms with E-state index in [1.165, 1.54) is 0 Å². The van der Waals surface area contributed by atoms with Crippen LogP contribution in [0, 0.1) is 5.92 Å². The lowest BCUT2D eigenvalue weighted by atomic mass is 10.1. The lowest BCUT2D eigenvalue weighted by Gasteiger charge is -2.18. The van der Waals surface area contributed by atoms with Crippen LogP contribution in [-0.2, 0) is 9.59 Å². The molecule has 2 aromatic rings. The van der Waals surface area contributed by atoms with Crippen molar-refractivity contribution in [3.63, 3.8) is 0 Å². The number of anilines is 2. The van der Waals surface area contributed by atoms with Gasteiger partial charge in [-0.1, -0.05) is 41.9 Å². The average Bonchev–Trinajstić information content (AvgIpc) is 2.91. The molecule has 3 rings (SSSR count). The number of halogens is 1. The molecule has 0 saturated carbocycles. The fraction of sp³-hybridized carbons (Fsp3) is 0.176. The molecule has 2 amide bonds. The zero-order valence-electron chi connectivity index (χ0n) is 11.8. The summed E-state index contributed by atoms with van der Waals surface area (Å²) in [6, 6.07) is 16.4. The summed E-state index contributed by atoms with van der Waals surface area (Å²) in [5, 5.41) is 3.35. The van der Waals surface area contributed by atoms with Gasteiger partial charge in [-0.05, 0) is 24.3 Å². The van der Waals surface area contributed by atoms with Crippen LogP contribution in [0.5, 0.6) is 0 Å². The third kappa shape index (κ3) is 2.97. The molecule has 5 heteroatoms. The largest absolute Gasteiger partial charge is 0.326 e. The molecule has 1 fully saturated rings. The van der Waals surface area contributed by atoms with Gasteiger partial charge in [0.25, 0.3) is 0 Å². The van der Waals surface area contributed by atoms with E-state index in [0.29, 0.717) is 17.3 Å². The molecule has 1 aliphatic heterocycles. The number of para-hydroxylation sites is 2. The first-order chi connectivity index (χ1) is 10.6. The van der Waals surface area contributed by atoms with Crippen molar-refractivity contribution in [3.8, 4) is 0 Å². The third-order valence-electron chi connectivity index (χ3n) is 3.68. The molecule has 0 radical (unpaired) electrons. The molecule has 0 unspecified atom stereocenters. The minimum atomic E-state index is -0.371. The first-order valence-corrected chi connectivity index (χ1v) is 7.44. The Morgan fingerprint density at radius 3 is 2.50 bits per heavy atom. The van der Waals surface area contributed by atoms with E-state index in [-0.39, 0.29) is 24.2 Å². The van der Waals surface area contributed by atoms with Crippen molar-refractivity contribution in [3.05, 3.63) is 59.6 Å². The monoisotopic (exact) mass is 314 g/mol. The van der Waals surface area contributed by atoms with E-state index >= 15 is 0 Å². The van der Waals surface area contributed by atoms with E-state index in [0.717, 1.165) is 5.69 Å². The summed E-state index contributed by atoms with van der Waals surface area (Å²) in [7, 11) is 0. The maximum Gasteiger partial charge on any atom is 0.229 e. The fourth-order valence-corrected chi connectivity index (χ4v) is 2.79. The number of amides is 2. The summed E-state index contributed by atoms with van der Waals surface area (Å²) in [6.45, 7) is 0.348. The van der Waals surface area contributed by atoms with Crippen LogP contribution in [0.25, 0.3) is 0 Å². The van der Waals surface area contributed by atoms with Gasteiger partial charge >= 0.3 is 0 Å². The summed E-state index contributed by atoms with van der Waals surface area (Å²) in [5.74, 6) is -0.598. The van der Waals surface area contributed by atoms with Crippen molar-refractivity contribution in [2.24, 2.45) is 5.92 Å². The normalized spacial score (nSPS) is 17.6. The summed E-state index contributed by atoms with van der Waals surface area (Å²) in [5.41, 5.74) is 1.39. The Hall–Kier alpha value is -2.33. The molecule has 2 aromatic carbocycles. The number of rotatable bonds is 3. The second-order valence-electron chi connectivity index (χ2n) is 5.21. The minimum Gasteiger partial charge on any atom is -0.326 e. The molecular weight excluding hydrogens is 300 g/mol. The van der Waals surface area contributed by atoms with Gasteiger partial charge in [0.1, 0.15) is 0 Å². The Labute approximate surface area is 133 Å². The van der Waals surface area contributed by atoms with Gasteiger partial charge in [0, 0.05) is 18.7 Å². The molecule has 1 heterocycles. The van der Waals surface area contributed by atoms with Crippen LogP contribution in [0.3, 0.4) is 0 Å². The quantitative estimate of drug-likeness (QED) is 0.944. The molecule has 112 valence electrons. The second kappa shape index (κ2) is 6.20. The Balaban J connectivity index is 1.72. The zero-order valence-corrected chi connectivity index (χ0v) is 12.6. The highest BCUT2D eigenvalue weighted by Crippen LogP contribution is 2.31. The van der Waals surface area contributed by atoms with E-state index in [1.807, 2.05) is 42.5 Å². The van der Waals surface area contributed by atoms with Crippen LogP contribution in [-0.4, -0.2) is 18.4 Å². The molecule has 0 aromatic heterocycles. The second-order valence-corrected chi connectivity index (χ2v) is 5.62. The standard InChI is InChI=1S/C17H15ClN2O2/c18-14-8-4-5-9-15(14)20-11-12(10-16(20)21)17(22)19-13-6-2-1-3-7-13/h1-9,12H,10-11H2,(H,19,22)/t12-/m1/s1. The van der Waals surface area contributed by atoms with Gasteiger partial charge in [0.15, 0.2) is 0 Å². The smallest absolute Gasteiger partial charge is 0.229 e. The number of nitrogens with zero attached hydrogens (tertiary/aromatic N) is 1. The van der Waals surface area contributed by atoms with Crippen LogP contribution < -0.4 is 10.2 Å². The van der Waals surface area contributed by atoms with Gasteiger partial charge in [0.2, 0.25) is 11.8 Å². The van der Waals surface area contributed by atoms with Crippen molar-refractivity contribution in [1.82, 2.24) is 0 Å². The SMILES string of the molecule is O=C(Nc1ccccc1)[C@@H]1CC(=O)N(c2ccccc2Cl)C1. The first kappa shape index (κ1) is 14.6. The molecular formula is C17H15ClN2O2. The van der Waals surface area contributed by atoms with Crippen molar-refractivity contribution in [2.75, 3.05) is 16.8 Å². The molecule has 0 bridgehead atoms. The zero-order chi connectivity index (χ0) is 15.5. The number of hydrogen-bond acceptors (Lipinski definition) is 2. The molecule has 1 atom stereocenters. The van der Waals surface area contributed by atoms with Crippen LogP contribution >= 0.6 is 11.6 Å². The molecule has 1 aliphatic rings. The predicted molar refractivity (Wildman–Crippen MR) is 87.0 cm³/mol. The van der Waals surface area contributed by atoms with E-state index in [1.54, 1.807) is 17.0 Å². The van der Waals surface area contributed by atoms with E-state index in [2.05, 4.69) is 5.32 Å². The summed E-state index contributed by atoms with van der Waals surface area (Å²) in [6.07, 6.45) is 0.198. The molecule has 22 heavy (non-hydrogen) atoms. The van der Waals surface area contributed by atoms with E-state index in [9.17, 15) is 9.59 Å². The van der Waals surface area contributed by atoms with Crippen LogP contribution in [0.15, 0.2) is 54.6 Å². The van der Waals surface area contributed by atoms with E-state index < -0.39 is 0 Å². The van der Waals surface area contributed by atoms with Crippen molar-refractivity contribution in [2.45, 2.75) is 6.42 Å². The number of carbonyl (C=O) groups is 2. The highest BCUT2D eigenvalue weighted by Gasteiger charge is 2.35. The molecule has 4 nitrogen and oxygen atoms in total. The van der Waals surface area contributed by atoms with Crippen molar-refractivity contribution in [1.29, 1.82) is 0 Å². The minimum absolute atomic E-state index is 0.0821. The van der Waals surface area contributed by atoms with Crippen LogP contribution in [0.1, 0.15) is 6.42 Å². The molecule has 1 saturated heterocycles. The highest BCUT2D eigenvalue weighted by atomic mass is 35.5. The average molecular weight is 315 g/mol. The first-order valence-electron chi connectivity index (χ1n) is 7.06. The summed E-state index contributed by atoms with van der Waals surface area (Å²) < 4.78 is 0. The Morgan fingerprint density at radius 2 is 1.77 bits per heavy atom. The Morgan fingerprint density at radius 1 is 1.09 bits per heavy atom. The number of nitrogens with one attached hydrogen (secondary N) is 1.